The first-order valence-electron chi connectivity index (χ1n) is 8.82. The number of carbonyl (C=O) groups is 3. The van der Waals surface area contributed by atoms with Gasteiger partial charge in [0.15, 0.2) is 0 Å². The molecule has 3 unspecified atom stereocenters. The molecule has 0 aromatic heterocycles. The van der Waals surface area contributed by atoms with E-state index in [2.05, 4.69) is 6.58 Å². The van der Waals surface area contributed by atoms with E-state index < -0.39 is 23.5 Å². The summed E-state index contributed by atoms with van der Waals surface area (Å²) < 4.78 is 14.4. The van der Waals surface area contributed by atoms with Gasteiger partial charge < -0.3 is 19.3 Å². The molecule has 1 fully saturated rings. The van der Waals surface area contributed by atoms with Crippen molar-refractivity contribution in [1.82, 2.24) is 0 Å². The van der Waals surface area contributed by atoms with E-state index in [-0.39, 0.29) is 41.2 Å². The summed E-state index contributed by atoms with van der Waals surface area (Å²) in [6, 6.07) is 0. The Hall–Kier alpha value is -1.54. The second-order valence-corrected chi connectivity index (χ2v) is 9.38. The first-order valence-corrected chi connectivity index (χ1v) is 9.81. The van der Waals surface area contributed by atoms with Crippen LogP contribution in [0.4, 0.5) is 0 Å². The maximum absolute atomic E-state index is 12.1. The smallest absolute Gasteiger partial charge is 0.333 e. The lowest BCUT2D eigenvalue weighted by molar-refractivity contribution is -0.149. The van der Waals surface area contributed by atoms with Gasteiger partial charge >= 0.3 is 17.9 Å². The highest BCUT2D eigenvalue weighted by molar-refractivity contribution is 8.01. The standard InChI is InChI=1S/C19H30O7S/c1-12(2)16(22)26-9-14(20)8-25-15(21)10-27-18(4,5)11-19(7-13(19)3)17(23)24-6/h13-14,20H,1,7-11H2,2-6H3. The van der Waals surface area contributed by atoms with Crippen LogP contribution < -0.4 is 0 Å². The van der Waals surface area contributed by atoms with Gasteiger partial charge in [-0.2, -0.15) is 0 Å². The van der Waals surface area contributed by atoms with Crippen LogP contribution in [0.2, 0.25) is 0 Å². The molecule has 154 valence electrons. The van der Waals surface area contributed by atoms with Crippen molar-refractivity contribution in [2.75, 3.05) is 26.1 Å². The molecule has 1 rings (SSSR count). The number of carbonyl (C=O) groups excluding carboxylic acids is 3. The summed E-state index contributed by atoms with van der Waals surface area (Å²) in [4.78, 5) is 35.2. The van der Waals surface area contributed by atoms with Crippen molar-refractivity contribution in [2.24, 2.45) is 11.3 Å². The van der Waals surface area contributed by atoms with E-state index in [0.717, 1.165) is 6.42 Å². The van der Waals surface area contributed by atoms with E-state index in [0.29, 0.717) is 6.42 Å². The van der Waals surface area contributed by atoms with Gasteiger partial charge in [0, 0.05) is 10.3 Å². The minimum absolute atomic E-state index is 0.0942. The number of thioether (sulfide) groups is 1. The highest BCUT2D eigenvalue weighted by Crippen LogP contribution is 2.59. The number of hydrogen-bond acceptors (Lipinski definition) is 8. The molecule has 1 N–H and O–H groups in total. The van der Waals surface area contributed by atoms with Crippen LogP contribution in [0, 0.1) is 11.3 Å². The summed E-state index contributed by atoms with van der Waals surface area (Å²) in [7, 11) is 1.39. The minimum atomic E-state index is -1.09. The summed E-state index contributed by atoms with van der Waals surface area (Å²) in [6.45, 7) is 10.4. The van der Waals surface area contributed by atoms with E-state index >= 15 is 0 Å². The predicted octanol–water partition coefficient (Wildman–Crippen LogP) is 2.11. The number of rotatable bonds is 11. The van der Waals surface area contributed by atoms with E-state index in [1.165, 1.54) is 25.8 Å². The third kappa shape index (κ3) is 7.18. The number of ether oxygens (including phenoxy) is 3. The van der Waals surface area contributed by atoms with Gasteiger partial charge in [0.05, 0.1) is 18.3 Å². The predicted molar refractivity (Wildman–Crippen MR) is 102 cm³/mol. The van der Waals surface area contributed by atoms with Crippen LogP contribution in [-0.4, -0.2) is 59.9 Å². The highest BCUT2D eigenvalue weighted by Gasteiger charge is 2.60. The third-order valence-electron chi connectivity index (χ3n) is 4.56. The van der Waals surface area contributed by atoms with Crippen LogP contribution in [-0.2, 0) is 28.6 Å². The number of aliphatic hydroxyl groups is 1. The van der Waals surface area contributed by atoms with Crippen LogP contribution in [0.15, 0.2) is 12.2 Å². The Morgan fingerprint density at radius 1 is 1.30 bits per heavy atom. The summed E-state index contributed by atoms with van der Waals surface area (Å²) in [5.41, 5.74) is -0.231. The molecule has 0 aromatic rings. The van der Waals surface area contributed by atoms with Crippen molar-refractivity contribution in [2.45, 2.75) is 51.4 Å². The van der Waals surface area contributed by atoms with Crippen LogP contribution in [0.3, 0.4) is 0 Å². The second-order valence-electron chi connectivity index (χ2n) is 7.69. The Balaban J connectivity index is 2.35. The normalized spacial score (nSPS) is 22.5. The molecule has 0 spiro atoms. The molecule has 27 heavy (non-hydrogen) atoms. The van der Waals surface area contributed by atoms with Crippen LogP contribution in [0.5, 0.6) is 0 Å². The summed E-state index contributed by atoms with van der Waals surface area (Å²) in [5.74, 6) is -0.912. The molecule has 0 heterocycles. The Kier molecular flexibility index (Phi) is 8.35. The van der Waals surface area contributed by atoms with Gasteiger partial charge in [-0.3, -0.25) is 9.59 Å². The van der Waals surface area contributed by atoms with Crippen molar-refractivity contribution in [1.29, 1.82) is 0 Å². The average molecular weight is 403 g/mol. The first kappa shape index (κ1) is 23.5. The van der Waals surface area contributed by atoms with Crippen molar-refractivity contribution >= 4 is 29.7 Å². The molecule has 1 aliphatic carbocycles. The van der Waals surface area contributed by atoms with Gasteiger partial charge in [0.2, 0.25) is 0 Å². The molecule has 8 heteroatoms. The second kappa shape index (κ2) is 9.59. The van der Waals surface area contributed by atoms with Crippen molar-refractivity contribution in [3.05, 3.63) is 12.2 Å². The highest BCUT2D eigenvalue weighted by atomic mass is 32.2. The van der Waals surface area contributed by atoms with Crippen LogP contribution in [0.25, 0.3) is 0 Å². The van der Waals surface area contributed by atoms with Crippen molar-refractivity contribution in [3.63, 3.8) is 0 Å². The van der Waals surface area contributed by atoms with E-state index in [9.17, 15) is 19.5 Å². The molecule has 1 aliphatic rings. The fourth-order valence-corrected chi connectivity index (χ4v) is 3.88. The minimum Gasteiger partial charge on any atom is -0.469 e. The zero-order valence-electron chi connectivity index (χ0n) is 16.7. The molecule has 0 radical (unpaired) electrons. The van der Waals surface area contributed by atoms with Gasteiger partial charge in [-0.25, -0.2) is 4.79 Å². The quantitative estimate of drug-likeness (QED) is 0.319. The fourth-order valence-electron chi connectivity index (χ4n) is 2.93. The molecular formula is C19H30O7S. The number of methoxy groups -OCH3 is 1. The molecule has 7 nitrogen and oxygen atoms in total. The van der Waals surface area contributed by atoms with Gasteiger partial charge in [0.1, 0.15) is 19.3 Å². The number of aliphatic hydroxyl groups excluding tert-OH is 1. The third-order valence-corrected chi connectivity index (χ3v) is 5.87. The van der Waals surface area contributed by atoms with Crippen molar-refractivity contribution < 1.29 is 33.7 Å². The maximum atomic E-state index is 12.1. The monoisotopic (exact) mass is 402 g/mol. The Morgan fingerprint density at radius 2 is 1.85 bits per heavy atom. The average Bonchev–Trinajstić information content (AvgIpc) is 3.24. The molecule has 3 atom stereocenters. The lowest BCUT2D eigenvalue weighted by atomic mass is 9.91. The molecular weight excluding hydrogens is 372 g/mol. The Morgan fingerprint density at radius 3 is 2.33 bits per heavy atom. The van der Waals surface area contributed by atoms with Crippen LogP contribution >= 0.6 is 11.8 Å². The van der Waals surface area contributed by atoms with E-state index in [4.69, 9.17) is 14.2 Å². The molecule has 0 saturated heterocycles. The lowest BCUT2D eigenvalue weighted by Crippen LogP contribution is -2.30. The fraction of sp³-hybridized carbons (Fsp3) is 0.737. The zero-order chi connectivity index (χ0) is 20.8. The van der Waals surface area contributed by atoms with Crippen LogP contribution in [0.1, 0.15) is 40.5 Å². The molecule has 0 bridgehead atoms. The molecule has 0 aromatic carbocycles. The SMILES string of the molecule is C=C(C)C(=O)OCC(O)COC(=O)CSC(C)(C)CC1(C(=O)OC)CC1C. The van der Waals surface area contributed by atoms with Gasteiger partial charge in [-0.05, 0) is 25.7 Å². The topological polar surface area (TPSA) is 99.1 Å². The molecule has 0 aliphatic heterocycles. The number of hydrogen-bond donors (Lipinski definition) is 1. The summed E-state index contributed by atoms with van der Waals surface area (Å²) >= 11 is 1.40. The van der Waals surface area contributed by atoms with Gasteiger partial charge in [-0.1, -0.05) is 27.4 Å². The van der Waals surface area contributed by atoms with Crippen molar-refractivity contribution in [3.8, 4) is 0 Å². The number of esters is 3. The Labute approximate surface area is 164 Å². The summed E-state index contributed by atoms with van der Waals surface area (Å²) in [6.07, 6.45) is 0.319. The first-order chi connectivity index (χ1) is 12.4. The van der Waals surface area contributed by atoms with Gasteiger partial charge in [-0.15, -0.1) is 11.8 Å². The largest absolute Gasteiger partial charge is 0.469 e. The van der Waals surface area contributed by atoms with E-state index in [1.807, 2.05) is 20.8 Å². The summed E-state index contributed by atoms with van der Waals surface area (Å²) in [5, 5.41) is 9.69. The zero-order valence-corrected chi connectivity index (χ0v) is 17.5. The molecule has 0 amide bonds. The lowest BCUT2D eigenvalue weighted by Gasteiger charge is -2.28. The van der Waals surface area contributed by atoms with Gasteiger partial charge in [0.25, 0.3) is 0 Å². The Bertz CT molecular complexity index is 587. The van der Waals surface area contributed by atoms with E-state index in [1.54, 1.807) is 0 Å². The maximum Gasteiger partial charge on any atom is 0.333 e. The molecule has 1 saturated carbocycles.